The topological polar surface area (TPSA) is 12.5 Å². The summed E-state index contributed by atoms with van der Waals surface area (Å²) in [5.74, 6) is 0. The van der Waals surface area contributed by atoms with Crippen LogP contribution in [0.3, 0.4) is 0 Å². The van der Waals surface area contributed by atoms with Crippen molar-refractivity contribution in [2.24, 2.45) is 0 Å². The number of hydrogen-bond donors (Lipinski definition) is 0. The molecule has 1 unspecified atom stereocenters. The van der Waals surface area contributed by atoms with Crippen LogP contribution in [0, 0.1) is 0 Å². The molecule has 136 valence electrons. The smallest absolute Gasteiger partial charge is 0.0677 e. The van der Waals surface area contributed by atoms with Crippen molar-refractivity contribution >= 4 is 19.7 Å². The summed E-state index contributed by atoms with van der Waals surface area (Å²) >= 11 is 0. The Kier molecular flexibility index (Phi) is 9.52. The summed E-state index contributed by atoms with van der Waals surface area (Å²) in [5.41, 5.74) is 1.37. The fourth-order valence-electron chi connectivity index (χ4n) is 3.59. The first-order valence-corrected chi connectivity index (χ1v) is 12.8. The lowest BCUT2D eigenvalue weighted by molar-refractivity contribution is 0.122. The molecule has 1 aliphatic rings. The van der Waals surface area contributed by atoms with Crippen LogP contribution in [0.25, 0.3) is 0 Å². The normalized spacial score (nSPS) is 16.3. The molecular weight excluding hydrogens is 310 g/mol. The van der Waals surface area contributed by atoms with Crippen LogP contribution in [-0.4, -0.2) is 35.1 Å². The van der Waals surface area contributed by atoms with Gasteiger partial charge in [0.2, 0.25) is 0 Å². The molecule has 0 aliphatic carbocycles. The molecule has 0 saturated carbocycles. The van der Waals surface area contributed by atoms with Crippen molar-refractivity contribution in [1.29, 1.82) is 0 Å². The number of rotatable bonds is 11. The second-order valence-electron chi connectivity index (χ2n) is 7.36. The summed E-state index contributed by atoms with van der Waals surface area (Å²) in [6.45, 7) is 8.61. The van der Waals surface area contributed by atoms with Gasteiger partial charge in [0.15, 0.2) is 0 Å². The van der Waals surface area contributed by atoms with Crippen molar-refractivity contribution in [3.05, 3.63) is 24.3 Å². The number of anilines is 1. The van der Waals surface area contributed by atoms with Gasteiger partial charge in [-0.3, -0.25) is 0 Å². The minimum Gasteiger partial charge on any atom is -0.378 e. The van der Waals surface area contributed by atoms with Gasteiger partial charge in [0.05, 0.1) is 22.0 Å². The molecule has 0 radical (unpaired) electrons. The van der Waals surface area contributed by atoms with E-state index in [0.717, 1.165) is 26.3 Å². The average Bonchev–Trinajstić information content (AvgIpc) is 2.64. The van der Waals surface area contributed by atoms with E-state index in [4.69, 9.17) is 4.74 Å². The highest BCUT2D eigenvalue weighted by Gasteiger charge is 2.12. The number of unbranched alkanes of at least 4 members (excludes halogenated alkanes) is 7. The van der Waals surface area contributed by atoms with E-state index in [1.807, 2.05) is 0 Å². The summed E-state index contributed by atoms with van der Waals surface area (Å²) in [7, 11) is -0.737. The summed E-state index contributed by atoms with van der Waals surface area (Å²) in [4.78, 5) is 2.44. The summed E-state index contributed by atoms with van der Waals surface area (Å²) in [5, 5.41) is 1.63. The Balaban J connectivity index is 1.62. The van der Waals surface area contributed by atoms with Crippen molar-refractivity contribution in [2.75, 3.05) is 31.2 Å². The minimum absolute atomic E-state index is 0.737. The Morgan fingerprint density at radius 3 is 2.08 bits per heavy atom. The predicted octanol–water partition coefficient (Wildman–Crippen LogP) is 4.73. The van der Waals surface area contributed by atoms with Gasteiger partial charge in [-0.2, -0.15) is 0 Å². The molecule has 1 atom stereocenters. The van der Waals surface area contributed by atoms with Crippen LogP contribution in [0.5, 0.6) is 0 Å². The first kappa shape index (κ1) is 19.5. The van der Waals surface area contributed by atoms with Crippen molar-refractivity contribution in [1.82, 2.24) is 0 Å². The van der Waals surface area contributed by atoms with E-state index in [9.17, 15) is 0 Å². The van der Waals surface area contributed by atoms with Gasteiger partial charge < -0.3 is 9.64 Å². The van der Waals surface area contributed by atoms with Gasteiger partial charge in [0.25, 0.3) is 0 Å². The van der Waals surface area contributed by atoms with Crippen LogP contribution in [0.2, 0.25) is 12.6 Å². The standard InChI is InChI=1S/C21H37NOSi/c1-3-4-5-6-7-8-9-10-19-24(2)21-13-11-20(12-14-21)22-15-17-23-18-16-22/h11-14,24H,3-10,15-19H2,1-2H3. The maximum absolute atomic E-state index is 5.44. The lowest BCUT2D eigenvalue weighted by atomic mass is 10.1. The SMILES string of the molecule is CCCCCCCCCC[SiH](C)c1ccc(N2CCOCC2)cc1. The van der Waals surface area contributed by atoms with Crippen molar-refractivity contribution in [2.45, 2.75) is 70.9 Å². The lowest BCUT2D eigenvalue weighted by Gasteiger charge is -2.29. The number of benzene rings is 1. The van der Waals surface area contributed by atoms with Crippen LogP contribution in [-0.2, 0) is 4.74 Å². The summed E-state index contributed by atoms with van der Waals surface area (Å²) in [6, 6.07) is 10.9. The maximum Gasteiger partial charge on any atom is 0.0677 e. The highest BCUT2D eigenvalue weighted by Crippen LogP contribution is 2.15. The maximum atomic E-state index is 5.44. The number of nitrogens with zero attached hydrogens (tertiary/aromatic N) is 1. The third-order valence-electron chi connectivity index (χ3n) is 5.33. The zero-order chi connectivity index (χ0) is 17.0. The minimum atomic E-state index is -0.737. The molecular formula is C21H37NOSi. The Labute approximate surface area is 151 Å². The molecule has 24 heavy (non-hydrogen) atoms. The molecule has 0 N–H and O–H groups in total. The van der Waals surface area contributed by atoms with Crippen molar-refractivity contribution in [3.63, 3.8) is 0 Å². The van der Waals surface area contributed by atoms with Crippen LogP contribution >= 0.6 is 0 Å². The second-order valence-corrected chi connectivity index (χ2v) is 10.4. The van der Waals surface area contributed by atoms with E-state index in [0.29, 0.717) is 0 Å². The Bertz CT molecular complexity index is 428. The van der Waals surface area contributed by atoms with Gasteiger partial charge in [-0.05, 0) is 12.1 Å². The van der Waals surface area contributed by atoms with Crippen LogP contribution < -0.4 is 10.1 Å². The zero-order valence-corrected chi connectivity index (χ0v) is 17.1. The molecule has 1 heterocycles. The Hall–Kier alpha value is -0.803. The van der Waals surface area contributed by atoms with E-state index < -0.39 is 8.80 Å². The van der Waals surface area contributed by atoms with Gasteiger partial charge in [-0.15, -0.1) is 0 Å². The third kappa shape index (κ3) is 6.98. The van der Waals surface area contributed by atoms with E-state index in [-0.39, 0.29) is 0 Å². The van der Waals surface area contributed by atoms with Gasteiger partial charge >= 0.3 is 0 Å². The van der Waals surface area contributed by atoms with Crippen molar-refractivity contribution < 1.29 is 4.74 Å². The van der Waals surface area contributed by atoms with Gasteiger partial charge in [-0.1, -0.05) is 88.2 Å². The first-order valence-electron chi connectivity index (χ1n) is 10.2. The Morgan fingerprint density at radius 2 is 1.46 bits per heavy atom. The molecule has 0 aromatic heterocycles. The Morgan fingerprint density at radius 1 is 0.875 bits per heavy atom. The molecule has 0 bridgehead atoms. The van der Waals surface area contributed by atoms with Gasteiger partial charge in [-0.25, -0.2) is 0 Å². The zero-order valence-electron chi connectivity index (χ0n) is 15.9. The van der Waals surface area contributed by atoms with Gasteiger partial charge in [0.1, 0.15) is 0 Å². The highest BCUT2D eigenvalue weighted by atomic mass is 28.3. The fourth-order valence-corrected chi connectivity index (χ4v) is 5.67. The quantitative estimate of drug-likeness (QED) is 0.424. The highest BCUT2D eigenvalue weighted by molar-refractivity contribution is 6.72. The van der Waals surface area contributed by atoms with Crippen molar-refractivity contribution in [3.8, 4) is 0 Å². The monoisotopic (exact) mass is 347 g/mol. The number of hydrogen-bond acceptors (Lipinski definition) is 2. The lowest BCUT2D eigenvalue weighted by Crippen LogP contribution is -2.36. The molecule has 1 aromatic rings. The molecule has 1 aliphatic heterocycles. The largest absolute Gasteiger partial charge is 0.378 e. The molecule has 1 aromatic carbocycles. The third-order valence-corrected chi connectivity index (χ3v) is 8.13. The predicted molar refractivity (Wildman–Crippen MR) is 110 cm³/mol. The van der Waals surface area contributed by atoms with E-state index in [1.165, 1.54) is 63.1 Å². The van der Waals surface area contributed by atoms with Crippen LogP contribution in [0.15, 0.2) is 24.3 Å². The van der Waals surface area contributed by atoms with Gasteiger partial charge in [0, 0.05) is 18.8 Å². The summed E-state index contributed by atoms with van der Waals surface area (Å²) < 4.78 is 5.44. The molecule has 1 saturated heterocycles. The van der Waals surface area contributed by atoms with Crippen LogP contribution in [0.4, 0.5) is 5.69 Å². The summed E-state index contributed by atoms with van der Waals surface area (Å²) in [6.07, 6.45) is 11.4. The second kappa shape index (κ2) is 11.7. The molecule has 0 spiro atoms. The van der Waals surface area contributed by atoms with E-state index >= 15 is 0 Å². The average molecular weight is 348 g/mol. The van der Waals surface area contributed by atoms with E-state index in [1.54, 1.807) is 5.19 Å². The molecule has 0 amide bonds. The molecule has 3 heteroatoms. The fraction of sp³-hybridized carbons (Fsp3) is 0.714. The molecule has 2 nitrogen and oxygen atoms in total. The first-order chi connectivity index (χ1) is 11.8. The number of morpholine rings is 1. The number of ether oxygens (including phenoxy) is 1. The van der Waals surface area contributed by atoms with E-state index in [2.05, 4.69) is 42.6 Å². The molecule has 2 rings (SSSR count). The molecule has 1 fully saturated rings. The van der Waals surface area contributed by atoms with Crippen LogP contribution in [0.1, 0.15) is 58.3 Å².